The molecule has 0 bridgehead atoms. The average molecular weight is 596 g/mol. The van der Waals surface area contributed by atoms with Crippen molar-refractivity contribution in [3.05, 3.63) is 209 Å². The quantitative estimate of drug-likeness (QED) is 0.191. The largest absolute Gasteiger partial charge is 0.309 e. The molecule has 0 spiro atoms. The maximum absolute atomic E-state index is 2.44. The molecule has 1 nitrogen and oxygen atoms in total. The van der Waals surface area contributed by atoms with E-state index in [2.05, 4.69) is 180 Å². The molecule has 2 aliphatic rings. The van der Waals surface area contributed by atoms with Crippen LogP contribution >= 0.6 is 0 Å². The van der Waals surface area contributed by atoms with E-state index < -0.39 is 0 Å². The van der Waals surface area contributed by atoms with Crippen LogP contribution in [-0.4, -0.2) is 4.57 Å². The van der Waals surface area contributed by atoms with E-state index in [1.54, 1.807) is 0 Å². The molecule has 0 N–H and O–H groups in total. The number of allylic oxidation sites excluding steroid dienone is 2. The third-order valence-corrected chi connectivity index (χ3v) is 9.92. The Kier molecular flexibility index (Phi) is 5.64. The number of benzene rings is 7. The van der Waals surface area contributed by atoms with Gasteiger partial charge in [0.25, 0.3) is 0 Å². The van der Waals surface area contributed by atoms with Gasteiger partial charge >= 0.3 is 0 Å². The molecule has 0 radical (unpaired) electrons. The summed E-state index contributed by atoms with van der Waals surface area (Å²) in [6.45, 7) is 0. The van der Waals surface area contributed by atoms with Crippen LogP contribution in [0.25, 0.3) is 60.9 Å². The second-order valence-electron chi connectivity index (χ2n) is 12.5. The van der Waals surface area contributed by atoms with E-state index in [-0.39, 0.29) is 0 Å². The van der Waals surface area contributed by atoms with E-state index >= 15 is 0 Å². The number of hydrogen-bond acceptors (Lipinski definition) is 0. The molecule has 0 unspecified atom stereocenters. The van der Waals surface area contributed by atoms with Crippen molar-refractivity contribution in [2.24, 2.45) is 0 Å². The van der Waals surface area contributed by atoms with Crippen LogP contribution in [0.3, 0.4) is 0 Å². The Morgan fingerprint density at radius 2 is 0.681 bits per heavy atom. The first-order valence-electron chi connectivity index (χ1n) is 16.3. The Hall–Kier alpha value is -6.18. The fourth-order valence-electron chi connectivity index (χ4n) is 7.94. The smallest absolute Gasteiger partial charge is 0.0541 e. The number of aromatic nitrogens is 1. The first kappa shape index (κ1) is 26.1. The summed E-state index contributed by atoms with van der Waals surface area (Å²) in [5.41, 5.74) is 19.1. The van der Waals surface area contributed by atoms with Gasteiger partial charge in [0.1, 0.15) is 0 Å². The SMILES string of the molecule is c1ccc(C2=C3C(=C(c4ccc5c(c4)c4cc(-c6ccccc6)ccc4n5-c4ccccc4)c4ccccc43)c3ccccc32)cc1. The van der Waals surface area contributed by atoms with Crippen molar-refractivity contribution >= 4 is 44.1 Å². The third kappa shape index (κ3) is 3.84. The summed E-state index contributed by atoms with van der Waals surface area (Å²) in [6.07, 6.45) is 0. The van der Waals surface area contributed by atoms with Gasteiger partial charge in [-0.2, -0.15) is 0 Å². The fraction of sp³-hybridized carbons (Fsp3) is 0. The maximum atomic E-state index is 2.44. The number of fused-ring (bicyclic) bond motifs is 8. The van der Waals surface area contributed by atoms with Crippen LogP contribution in [0.1, 0.15) is 33.4 Å². The van der Waals surface area contributed by atoms with E-state index in [9.17, 15) is 0 Å². The van der Waals surface area contributed by atoms with Gasteiger partial charge in [0.05, 0.1) is 11.0 Å². The number of para-hydroxylation sites is 1. The second kappa shape index (κ2) is 10.2. The molecule has 0 saturated carbocycles. The van der Waals surface area contributed by atoms with Crippen molar-refractivity contribution in [2.75, 3.05) is 0 Å². The highest BCUT2D eigenvalue weighted by molar-refractivity contribution is 6.35. The molecule has 0 saturated heterocycles. The van der Waals surface area contributed by atoms with E-state index in [1.165, 1.54) is 94.3 Å². The molecular weight excluding hydrogens is 567 g/mol. The fourth-order valence-corrected chi connectivity index (χ4v) is 7.94. The molecule has 1 aromatic heterocycles. The summed E-state index contributed by atoms with van der Waals surface area (Å²) < 4.78 is 2.41. The number of rotatable bonds is 4. The zero-order chi connectivity index (χ0) is 30.9. The first-order valence-corrected chi connectivity index (χ1v) is 16.3. The van der Waals surface area contributed by atoms with Gasteiger partial charge in [-0.3, -0.25) is 0 Å². The summed E-state index contributed by atoms with van der Waals surface area (Å²) in [6, 6.07) is 64.3. The third-order valence-electron chi connectivity index (χ3n) is 9.92. The molecule has 0 fully saturated rings. The molecule has 0 atom stereocenters. The minimum absolute atomic E-state index is 1.17. The van der Waals surface area contributed by atoms with Gasteiger partial charge in [-0.15, -0.1) is 0 Å². The van der Waals surface area contributed by atoms with Crippen LogP contribution in [-0.2, 0) is 0 Å². The van der Waals surface area contributed by atoms with E-state index in [0.29, 0.717) is 0 Å². The standard InChI is InChI=1S/C46H29N/c1-4-14-30(15-5-1)32-24-26-41-39(28-32)40-29-33(25-27-42(40)47(41)34-18-8-3-9-19-34)44-36-21-11-13-23-38(36)45-43(31-16-6-2-7-17-31)35-20-10-12-22-37(35)46(44)45/h1-29H. The van der Waals surface area contributed by atoms with Crippen molar-refractivity contribution in [1.82, 2.24) is 4.57 Å². The molecule has 7 aromatic carbocycles. The van der Waals surface area contributed by atoms with Crippen molar-refractivity contribution < 1.29 is 0 Å². The highest BCUT2D eigenvalue weighted by Crippen LogP contribution is 2.58. The van der Waals surface area contributed by atoms with Crippen LogP contribution in [0, 0.1) is 0 Å². The Morgan fingerprint density at radius 1 is 0.277 bits per heavy atom. The highest BCUT2D eigenvalue weighted by Gasteiger charge is 2.37. The molecule has 2 aliphatic carbocycles. The van der Waals surface area contributed by atoms with Gasteiger partial charge in [0.15, 0.2) is 0 Å². The first-order chi connectivity index (χ1) is 23.3. The summed E-state index contributed by atoms with van der Waals surface area (Å²) in [5.74, 6) is 0. The summed E-state index contributed by atoms with van der Waals surface area (Å²) in [7, 11) is 0. The van der Waals surface area contributed by atoms with Gasteiger partial charge in [0, 0.05) is 16.5 Å². The van der Waals surface area contributed by atoms with Crippen molar-refractivity contribution in [1.29, 1.82) is 0 Å². The maximum Gasteiger partial charge on any atom is 0.0541 e. The van der Waals surface area contributed by atoms with Crippen molar-refractivity contribution in [3.8, 4) is 16.8 Å². The van der Waals surface area contributed by atoms with Crippen LogP contribution in [0.4, 0.5) is 0 Å². The monoisotopic (exact) mass is 595 g/mol. The van der Waals surface area contributed by atoms with Gasteiger partial charge in [0.2, 0.25) is 0 Å². The molecule has 8 aromatic rings. The second-order valence-corrected chi connectivity index (χ2v) is 12.5. The lowest BCUT2D eigenvalue weighted by Crippen LogP contribution is -1.94. The van der Waals surface area contributed by atoms with Crippen molar-refractivity contribution in [2.45, 2.75) is 0 Å². The molecule has 47 heavy (non-hydrogen) atoms. The zero-order valence-electron chi connectivity index (χ0n) is 25.7. The lowest BCUT2D eigenvalue weighted by molar-refractivity contribution is 1.18. The molecule has 0 amide bonds. The average Bonchev–Trinajstić information content (AvgIpc) is 3.78. The predicted octanol–water partition coefficient (Wildman–Crippen LogP) is 11.7. The van der Waals surface area contributed by atoms with Gasteiger partial charge in [-0.1, -0.05) is 140 Å². The van der Waals surface area contributed by atoms with Crippen molar-refractivity contribution in [3.63, 3.8) is 0 Å². The highest BCUT2D eigenvalue weighted by atomic mass is 15.0. The van der Waals surface area contributed by atoms with E-state index in [4.69, 9.17) is 0 Å². The normalized spacial score (nSPS) is 13.4. The minimum Gasteiger partial charge on any atom is -0.309 e. The topological polar surface area (TPSA) is 4.93 Å². The number of nitrogens with zero attached hydrogens (tertiary/aromatic N) is 1. The van der Waals surface area contributed by atoms with Crippen LogP contribution < -0.4 is 0 Å². The lowest BCUT2D eigenvalue weighted by atomic mass is 9.91. The molecule has 10 rings (SSSR count). The lowest BCUT2D eigenvalue weighted by Gasteiger charge is -2.12. The van der Waals surface area contributed by atoms with E-state index in [1.807, 2.05) is 0 Å². The Bertz CT molecular complexity index is 2580. The molecular formula is C46H29N. The van der Waals surface area contributed by atoms with Gasteiger partial charge in [-0.05, 0) is 103 Å². The van der Waals surface area contributed by atoms with Gasteiger partial charge < -0.3 is 4.57 Å². The molecule has 1 heteroatoms. The van der Waals surface area contributed by atoms with Crippen LogP contribution in [0.2, 0.25) is 0 Å². The Balaban J connectivity index is 1.29. The predicted molar refractivity (Wildman–Crippen MR) is 197 cm³/mol. The minimum atomic E-state index is 1.17. The van der Waals surface area contributed by atoms with E-state index in [0.717, 1.165) is 0 Å². The Labute approximate surface area is 274 Å². The molecule has 218 valence electrons. The number of hydrogen-bond donors (Lipinski definition) is 0. The summed E-state index contributed by atoms with van der Waals surface area (Å²) in [5, 5.41) is 2.52. The zero-order valence-corrected chi connectivity index (χ0v) is 25.7. The molecule has 0 aliphatic heterocycles. The van der Waals surface area contributed by atoms with Crippen LogP contribution in [0.5, 0.6) is 0 Å². The van der Waals surface area contributed by atoms with Crippen LogP contribution in [0.15, 0.2) is 176 Å². The van der Waals surface area contributed by atoms with Gasteiger partial charge in [-0.25, -0.2) is 0 Å². The Morgan fingerprint density at radius 3 is 1.23 bits per heavy atom. The molecule has 1 heterocycles. The summed E-state index contributed by atoms with van der Waals surface area (Å²) in [4.78, 5) is 0. The summed E-state index contributed by atoms with van der Waals surface area (Å²) >= 11 is 0.